The third-order valence-corrected chi connectivity index (χ3v) is 10.2. The number of hydrogen-bond donors (Lipinski definition) is 1. The summed E-state index contributed by atoms with van der Waals surface area (Å²) < 4.78 is 7.03. The normalized spacial score (nSPS) is 19.3. The molecule has 214 valence electrons. The molecule has 1 fully saturated rings. The van der Waals surface area contributed by atoms with Crippen molar-refractivity contribution in [2.24, 2.45) is 5.92 Å². The molecular formula is C30H20N4O7S2. The number of carbonyl (C=O) groups is 3. The average Bonchev–Trinajstić information content (AvgIpc) is 3.70. The number of benzene rings is 3. The molecule has 7 rings (SSSR count). The van der Waals surface area contributed by atoms with Crippen LogP contribution in [0.1, 0.15) is 16.6 Å². The fourth-order valence-corrected chi connectivity index (χ4v) is 8.37. The Morgan fingerprint density at radius 2 is 1.72 bits per heavy atom. The van der Waals surface area contributed by atoms with E-state index in [-0.39, 0.29) is 17.9 Å². The number of thiazole rings is 1. The number of imide groups is 1. The minimum absolute atomic E-state index is 0.170. The molecule has 0 saturated carbocycles. The number of fused-ring (bicyclic) bond motifs is 3. The van der Waals surface area contributed by atoms with Gasteiger partial charge in [-0.3, -0.25) is 33.9 Å². The summed E-state index contributed by atoms with van der Waals surface area (Å²) in [5, 5.41) is 15.5. The zero-order chi connectivity index (χ0) is 29.8. The lowest BCUT2D eigenvalue weighted by molar-refractivity contribution is -0.384. The summed E-state index contributed by atoms with van der Waals surface area (Å²) in [5.74, 6) is -2.64. The molecule has 0 aliphatic carbocycles. The SMILES string of the molecule is O=C(Cn1c2c(sc1=O)C(c1ccco1)C1C(=O)N(c3ccc([N+](=O)[O-])cc3)C(=O)C1S2)Nc1ccc2ccccc2c1. The van der Waals surface area contributed by atoms with Crippen LogP contribution < -0.4 is 15.1 Å². The molecule has 2 aromatic heterocycles. The minimum atomic E-state index is -0.908. The molecule has 5 aromatic rings. The molecule has 3 unspecified atom stereocenters. The first kappa shape index (κ1) is 26.9. The van der Waals surface area contributed by atoms with E-state index in [0.717, 1.165) is 38.8 Å². The van der Waals surface area contributed by atoms with Gasteiger partial charge in [0.2, 0.25) is 17.7 Å². The van der Waals surface area contributed by atoms with Crippen LogP contribution in [0, 0.1) is 16.0 Å². The van der Waals surface area contributed by atoms with Crippen LogP contribution in [-0.2, 0) is 20.9 Å². The van der Waals surface area contributed by atoms with Crippen molar-refractivity contribution in [3.63, 3.8) is 0 Å². The van der Waals surface area contributed by atoms with Crippen LogP contribution in [0.15, 0.2) is 99.4 Å². The van der Waals surface area contributed by atoms with E-state index in [4.69, 9.17) is 4.42 Å². The molecule has 13 heteroatoms. The van der Waals surface area contributed by atoms with E-state index in [2.05, 4.69) is 5.32 Å². The van der Waals surface area contributed by atoms with Gasteiger partial charge in [0.15, 0.2) is 0 Å². The van der Waals surface area contributed by atoms with Gasteiger partial charge in [-0.1, -0.05) is 53.4 Å². The predicted molar refractivity (Wildman–Crippen MR) is 160 cm³/mol. The molecule has 3 atom stereocenters. The maximum absolute atomic E-state index is 13.8. The predicted octanol–water partition coefficient (Wildman–Crippen LogP) is 5.00. The number of rotatable bonds is 6. The van der Waals surface area contributed by atoms with Crippen LogP contribution in [0.3, 0.4) is 0 Å². The number of anilines is 2. The monoisotopic (exact) mass is 612 g/mol. The van der Waals surface area contributed by atoms with E-state index in [1.165, 1.54) is 35.1 Å². The van der Waals surface area contributed by atoms with Crippen LogP contribution in [-0.4, -0.2) is 32.5 Å². The second-order valence-electron chi connectivity index (χ2n) is 10.1. The fraction of sp³-hybridized carbons (Fsp3) is 0.133. The molecule has 1 saturated heterocycles. The number of amides is 3. The highest BCUT2D eigenvalue weighted by Gasteiger charge is 2.57. The third kappa shape index (κ3) is 4.53. The summed E-state index contributed by atoms with van der Waals surface area (Å²) in [6.07, 6.45) is 1.46. The maximum Gasteiger partial charge on any atom is 0.308 e. The van der Waals surface area contributed by atoms with E-state index < -0.39 is 44.6 Å². The first-order valence-corrected chi connectivity index (χ1v) is 14.8. The first-order chi connectivity index (χ1) is 20.8. The Morgan fingerprint density at radius 1 is 0.953 bits per heavy atom. The summed E-state index contributed by atoms with van der Waals surface area (Å²) in [4.78, 5) is 65.7. The largest absolute Gasteiger partial charge is 0.469 e. The molecule has 11 nitrogen and oxygen atoms in total. The Hall–Kier alpha value is -5.01. The van der Waals surface area contributed by atoms with Crippen molar-refractivity contribution in [1.82, 2.24) is 4.57 Å². The molecule has 3 aromatic carbocycles. The van der Waals surface area contributed by atoms with Crippen LogP contribution in [0.5, 0.6) is 0 Å². The number of hydrogen-bond acceptors (Lipinski definition) is 9. The maximum atomic E-state index is 13.8. The van der Waals surface area contributed by atoms with Gasteiger partial charge in [-0.05, 0) is 47.2 Å². The highest BCUT2D eigenvalue weighted by atomic mass is 32.2. The Labute approximate surface area is 250 Å². The molecular weight excluding hydrogens is 592 g/mol. The van der Waals surface area contributed by atoms with Crippen LogP contribution in [0.4, 0.5) is 17.1 Å². The summed E-state index contributed by atoms with van der Waals surface area (Å²) in [6, 6.07) is 21.8. The molecule has 43 heavy (non-hydrogen) atoms. The lowest BCUT2D eigenvalue weighted by Gasteiger charge is -2.29. The van der Waals surface area contributed by atoms with Crippen molar-refractivity contribution in [3.05, 3.63) is 116 Å². The van der Waals surface area contributed by atoms with Gasteiger partial charge in [-0.2, -0.15) is 0 Å². The summed E-state index contributed by atoms with van der Waals surface area (Å²) >= 11 is 1.99. The number of non-ortho nitro benzene ring substituents is 1. The highest BCUT2D eigenvalue weighted by molar-refractivity contribution is 8.00. The Kier molecular flexibility index (Phi) is 6.47. The molecule has 4 heterocycles. The van der Waals surface area contributed by atoms with Crippen molar-refractivity contribution in [1.29, 1.82) is 0 Å². The number of carbonyl (C=O) groups excluding carboxylic acids is 3. The number of aromatic nitrogens is 1. The molecule has 0 bridgehead atoms. The third-order valence-electron chi connectivity index (χ3n) is 7.55. The lowest BCUT2D eigenvalue weighted by atomic mass is 9.87. The zero-order valence-electron chi connectivity index (χ0n) is 22.0. The van der Waals surface area contributed by atoms with Crippen molar-refractivity contribution < 1.29 is 23.7 Å². The average molecular weight is 613 g/mol. The van der Waals surface area contributed by atoms with Crippen molar-refractivity contribution in [2.45, 2.75) is 22.7 Å². The van der Waals surface area contributed by atoms with E-state index in [9.17, 15) is 29.3 Å². The molecule has 2 aliphatic rings. The van der Waals surface area contributed by atoms with Gasteiger partial charge in [0.05, 0.1) is 38.6 Å². The second-order valence-corrected chi connectivity index (χ2v) is 12.2. The van der Waals surface area contributed by atoms with Gasteiger partial charge in [0.25, 0.3) is 5.69 Å². The zero-order valence-corrected chi connectivity index (χ0v) is 23.7. The standard InChI is InChI=1S/C30H20N4O7S2/c35-22(31-18-8-7-16-4-1-2-5-17(16)14-18)15-32-29-26(43-30(32)38)23(21-6-3-13-41-21)24-25(42-29)28(37)33(27(24)36)19-9-11-20(12-10-19)34(39)40/h1-14,23-25H,15H2,(H,31,35). The number of nitrogens with zero attached hydrogens (tertiary/aromatic N) is 3. The second kappa shape index (κ2) is 10.4. The van der Waals surface area contributed by atoms with Crippen molar-refractivity contribution >= 4 is 68.7 Å². The van der Waals surface area contributed by atoms with Crippen LogP contribution in [0.2, 0.25) is 0 Å². The molecule has 0 spiro atoms. The highest BCUT2D eigenvalue weighted by Crippen LogP contribution is 2.54. The number of thioether (sulfide) groups is 1. The van der Waals surface area contributed by atoms with Crippen LogP contribution >= 0.6 is 23.1 Å². The number of furan rings is 1. The smallest absolute Gasteiger partial charge is 0.308 e. The Bertz CT molecular complexity index is 2000. The molecule has 2 aliphatic heterocycles. The number of nitrogens with one attached hydrogen (secondary N) is 1. The summed E-state index contributed by atoms with van der Waals surface area (Å²) in [6.45, 7) is -0.291. The van der Waals surface area contributed by atoms with Crippen molar-refractivity contribution in [2.75, 3.05) is 10.2 Å². The van der Waals surface area contributed by atoms with E-state index in [0.29, 0.717) is 21.4 Å². The van der Waals surface area contributed by atoms with E-state index in [1.54, 1.807) is 18.2 Å². The Balaban J connectivity index is 1.22. The molecule has 1 N–H and O–H groups in total. The first-order valence-electron chi connectivity index (χ1n) is 13.1. The minimum Gasteiger partial charge on any atom is -0.469 e. The quantitative estimate of drug-likeness (QED) is 0.160. The fourth-order valence-electron chi connectivity index (χ4n) is 5.62. The van der Waals surface area contributed by atoms with Gasteiger partial charge in [-0.15, -0.1) is 0 Å². The summed E-state index contributed by atoms with van der Waals surface area (Å²) in [5.41, 5.74) is 0.623. The molecule has 3 amide bonds. The van der Waals surface area contributed by atoms with Gasteiger partial charge in [-0.25, -0.2) is 4.90 Å². The van der Waals surface area contributed by atoms with Gasteiger partial charge < -0.3 is 9.73 Å². The summed E-state index contributed by atoms with van der Waals surface area (Å²) in [7, 11) is 0. The Morgan fingerprint density at radius 3 is 2.44 bits per heavy atom. The number of nitro groups is 1. The van der Waals surface area contributed by atoms with Crippen LogP contribution in [0.25, 0.3) is 10.8 Å². The van der Waals surface area contributed by atoms with Gasteiger partial charge >= 0.3 is 4.87 Å². The lowest BCUT2D eigenvalue weighted by Crippen LogP contribution is -2.32. The molecule has 0 radical (unpaired) electrons. The topological polar surface area (TPSA) is 145 Å². The van der Waals surface area contributed by atoms with E-state index >= 15 is 0 Å². The van der Waals surface area contributed by atoms with Crippen molar-refractivity contribution in [3.8, 4) is 0 Å². The number of nitro benzene ring substituents is 1. The van der Waals surface area contributed by atoms with Gasteiger partial charge in [0.1, 0.15) is 17.6 Å². The van der Waals surface area contributed by atoms with Gasteiger partial charge in [0, 0.05) is 17.8 Å². The van der Waals surface area contributed by atoms with E-state index in [1.807, 2.05) is 36.4 Å².